The first-order chi connectivity index (χ1) is 11.2. The molecule has 3 rings (SSSR count). The topological polar surface area (TPSA) is 26.3 Å². The van der Waals surface area contributed by atoms with Gasteiger partial charge < -0.3 is 9.30 Å². The van der Waals surface area contributed by atoms with Gasteiger partial charge in [-0.2, -0.15) is 0 Å². The summed E-state index contributed by atoms with van der Waals surface area (Å²) < 4.78 is 19.6. The van der Waals surface area contributed by atoms with Crippen molar-refractivity contribution >= 4 is 23.1 Å². The summed E-state index contributed by atoms with van der Waals surface area (Å²) in [7, 11) is -1.31. The van der Waals surface area contributed by atoms with Crippen LogP contribution in [0.2, 0.25) is 0 Å². The van der Waals surface area contributed by atoms with Crippen molar-refractivity contribution in [2.75, 3.05) is 7.11 Å². The predicted octanol–water partition coefficient (Wildman–Crippen LogP) is 3.64. The van der Waals surface area contributed by atoms with E-state index in [2.05, 4.69) is 0 Å². The van der Waals surface area contributed by atoms with E-state index < -0.39 is 7.14 Å². The molecule has 3 aromatic rings. The molecule has 0 N–H and O–H groups in total. The van der Waals surface area contributed by atoms with Gasteiger partial charge >= 0.3 is 0 Å². The van der Waals surface area contributed by atoms with E-state index >= 15 is 0 Å². The van der Waals surface area contributed by atoms with Crippen molar-refractivity contribution < 1.29 is 9.30 Å². The number of hydrogen-bond acceptors (Lipinski definition) is 2. The smallest absolute Gasteiger partial charge is 0.171 e. The van der Waals surface area contributed by atoms with E-state index in [1.807, 2.05) is 85.8 Å². The van der Waals surface area contributed by atoms with Gasteiger partial charge in [-0.1, -0.05) is 66.7 Å². The van der Waals surface area contributed by atoms with E-state index in [4.69, 9.17) is 4.74 Å². The Kier molecular flexibility index (Phi) is 4.36. The molecule has 1 atom stereocenters. The largest absolute Gasteiger partial charge is 0.497 e. The molecule has 116 valence electrons. The number of benzene rings is 3. The molecular weight excluding hydrogens is 303 g/mol. The van der Waals surface area contributed by atoms with Crippen molar-refractivity contribution in [1.82, 2.24) is 0 Å². The van der Waals surface area contributed by atoms with Crippen molar-refractivity contribution in [3.05, 3.63) is 84.4 Å². The number of methoxy groups -OCH3 is 1. The van der Waals surface area contributed by atoms with Gasteiger partial charge in [-0.3, -0.25) is 0 Å². The van der Waals surface area contributed by atoms with Crippen molar-refractivity contribution in [3.63, 3.8) is 0 Å². The number of ether oxygens (including phenoxy) is 1. The van der Waals surface area contributed by atoms with Crippen LogP contribution in [-0.4, -0.2) is 7.11 Å². The lowest BCUT2D eigenvalue weighted by Gasteiger charge is -2.22. The second-order valence-corrected chi connectivity index (χ2v) is 8.17. The Morgan fingerprint density at radius 1 is 0.783 bits per heavy atom. The molecule has 2 nitrogen and oxygen atoms in total. The van der Waals surface area contributed by atoms with Gasteiger partial charge in [0.05, 0.1) is 7.11 Å². The molecule has 0 aliphatic rings. The molecule has 0 bridgehead atoms. The summed E-state index contributed by atoms with van der Waals surface area (Å²) in [6, 6.07) is 25.1. The lowest BCUT2D eigenvalue weighted by Crippen LogP contribution is -2.26. The first-order valence-corrected chi connectivity index (χ1v) is 9.23. The summed E-state index contributed by atoms with van der Waals surface area (Å²) in [6.07, 6.45) is 0. The van der Waals surface area contributed by atoms with Crippen molar-refractivity contribution in [1.29, 1.82) is 0 Å². The standard InChI is InChI=1S/C20H19O2P/c1-16-9-6-7-14-20(16)23(21,18-11-4-3-5-12-18)19-13-8-10-17(15-19)22-2/h3-15H,1-2H3/t23-/m0/s1. The van der Waals surface area contributed by atoms with Crippen LogP contribution in [-0.2, 0) is 4.57 Å². The molecule has 0 saturated carbocycles. The van der Waals surface area contributed by atoms with E-state index in [9.17, 15) is 4.57 Å². The second-order valence-electron chi connectivity index (χ2n) is 5.43. The van der Waals surface area contributed by atoms with Crippen LogP contribution in [0.3, 0.4) is 0 Å². The van der Waals surface area contributed by atoms with Crippen LogP contribution < -0.4 is 20.7 Å². The molecule has 0 unspecified atom stereocenters. The third-order valence-electron chi connectivity index (χ3n) is 3.99. The average molecular weight is 322 g/mol. The van der Waals surface area contributed by atoms with Gasteiger partial charge in [-0.15, -0.1) is 0 Å². The molecule has 3 aromatic carbocycles. The molecule has 23 heavy (non-hydrogen) atoms. The van der Waals surface area contributed by atoms with Crippen LogP contribution in [0.5, 0.6) is 5.75 Å². The fourth-order valence-electron chi connectivity index (χ4n) is 2.79. The molecule has 0 saturated heterocycles. The van der Waals surface area contributed by atoms with Gasteiger partial charge in [0.25, 0.3) is 0 Å². The Morgan fingerprint density at radius 3 is 2.13 bits per heavy atom. The summed E-state index contributed by atoms with van der Waals surface area (Å²) in [5, 5.41) is 2.50. The van der Waals surface area contributed by atoms with Crippen LogP contribution in [0.1, 0.15) is 5.56 Å². The quantitative estimate of drug-likeness (QED) is 0.686. The number of aryl methyl sites for hydroxylation is 1. The third-order valence-corrected chi connectivity index (χ3v) is 7.20. The van der Waals surface area contributed by atoms with Gasteiger partial charge in [0.2, 0.25) is 0 Å². The normalized spacial score (nSPS) is 13.3. The third kappa shape index (κ3) is 2.83. The maximum atomic E-state index is 14.3. The Morgan fingerprint density at radius 2 is 1.43 bits per heavy atom. The Hall–Kier alpha value is -2.31. The molecule has 0 heterocycles. The molecule has 0 aliphatic heterocycles. The lowest BCUT2D eigenvalue weighted by molar-refractivity contribution is 0.415. The van der Waals surface area contributed by atoms with Crippen LogP contribution >= 0.6 is 7.14 Å². The highest BCUT2D eigenvalue weighted by Crippen LogP contribution is 2.43. The van der Waals surface area contributed by atoms with E-state index in [-0.39, 0.29) is 0 Å². The maximum Gasteiger partial charge on any atom is 0.171 e. The highest BCUT2D eigenvalue weighted by atomic mass is 31.2. The van der Waals surface area contributed by atoms with Crippen molar-refractivity contribution in [3.8, 4) is 5.75 Å². The van der Waals surface area contributed by atoms with E-state index in [1.165, 1.54) is 0 Å². The minimum atomic E-state index is -2.93. The lowest BCUT2D eigenvalue weighted by atomic mass is 10.2. The van der Waals surface area contributed by atoms with E-state index in [0.717, 1.165) is 21.5 Å². The zero-order chi connectivity index (χ0) is 16.3. The zero-order valence-electron chi connectivity index (χ0n) is 13.3. The van der Waals surface area contributed by atoms with Crippen LogP contribution in [0.25, 0.3) is 0 Å². The van der Waals surface area contributed by atoms with Crippen LogP contribution in [0, 0.1) is 6.92 Å². The fraction of sp³-hybridized carbons (Fsp3) is 0.100. The minimum Gasteiger partial charge on any atom is -0.497 e. The van der Waals surface area contributed by atoms with Gasteiger partial charge in [-0.25, -0.2) is 0 Å². The summed E-state index contributed by atoms with van der Waals surface area (Å²) in [5.41, 5.74) is 1.03. The van der Waals surface area contributed by atoms with E-state index in [1.54, 1.807) is 7.11 Å². The first kappa shape index (κ1) is 15.6. The Balaban J connectivity index is 2.31. The molecule has 0 radical (unpaired) electrons. The summed E-state index contributed by atoms with van der Waals surface area (Å²) >= 11 is 0. The minimum absolute atomic E-state index is 0.715. The molecule has 0 fully saturated rings. The predicted molar refractivity (Wildman–Crippen MR) is 97.1 cm³/mol. The molecule has 0 amide bonds. The summed E-state index contributed by atoms with van der Waals surface area (Å²) in [5.74, 6) is 0.715. The number of hydrogen-bond donors (Lipinski definition) is 0. The second kappa shape index (κ2) is 6.44. The highest BCUT2D eigenvalue weighted by Gasteiger charge is 2.31. The van der Waals surface area contributed by atoms with Crippen molar-refractivity contribution in [2.24, 2.45) is 0 Å². The van der Waals surface area contributed by atoms with E-state index in [0.29, 0.717) is 5.75 Å². The SMILES string of the molecule is COc1cccc([P@@](=O)(c2ccccc2)c2ccccc2C)c1. The highest BCUT2D eigenvalue weighted by molar-refractivity contribution is 7.85. The van der Waals surface area contributed by atoms with Crippen LogP contribution in [0.15, 0.2) is 78.9 Å². The average Bonchev–Trinajstić information content (AvgIpc) is 2.62. The van der Waals surface area contributed by atoms with Gasteiger partial charge in [0.1, 0.15) is 5.75 Å². The summed E-state index contributed by atoms with van der Waals surface area (Å²) in [4.78, 5) is 0. The Labute approximate surface area is 137 Å². The monoisotopic (exact) mass is 322 g/mol. The van der Waals surface area contributed by atoms with Gasteiger partial charge in [0.15, 0.2) is 7.14 Å². The molecular formula is C20H19O2P. The molecule has 0 aromatic heterocycles. The van der Waals surface area contributed by atoms with Gasteiger partial charge in [-0.05, 0) is 24.6 Å². The first-order valence-electron chi connectivity index (χ1n) is 7.53. The molecule has 3 heteroatoms. The maximum absolute atomic E-state index is 14.3. The summed E-state index contributed by atoms with van der Waals surface area (Å²) in [6.45, 7) is 2.01. The molecule has 0 spiro atoms. The Bertz CT molecular complexity index is 856. The molecule has 0 aliphatic carbocycles. The van der Waals surface area contributed by atoms with Crippen molar-refractivity contribution in [2.45, 2.75) is 6.92 Å². The number of rotatable bonds is 4. The van der Waals surface area contributed by atoms with Gasteiger partial charge in [0, 0.05) is 15.9 Å². The zero-order valence-corrected chi connectivity index (χ0v) is 14.2. The van der Waals surface area contributed by atoms with Crippen LogP contribution in [0.4, 0.5) is 0 Å². The fourth-order valence-corrected chi connectivity index (χ4v) is 5.71.